The number of Topliss-reactive ketones (excluding diaryl/α,β-unsaturated/α-hetero) is 1. The van der Waals surface area contributed by atoms with Crippen LogP contribution >= 0.6 is 0 Å². The van der Waals surface area contributed by atoms with E-state index in [0.29, 0.717) is 6.42 Å². The smallest absolute Gasteiger partial charge is 0.166 e. The fourth-order valence-electron chi connectivity index (χ4n) is 10.3. The van der Waals surface area contributed by atoms with E-state index in [9.17, 15) is 30.3 Å². The molecule has 192 valence electrons. The number of carbonyl (C=O) groups excluding carboxylic acids is 1. The molecular weight excluding hydrogens is 456 g/mol. The van der Waals surface area contributed by atoms with E-state index in [1.165, 1.54) is 0 Å². The zero-order chi connectivity index (χ0) is 24.9. The molecule has 2 saturated heterocycles. The Kier molecular flexibility index (Phi) is 4.16. The second kappa shape index (κ2) is 6.38. The minimum absolute atomic E-state index is 0.0222. The highest BCUT2D eigenvalue weighted by atomic mass is 16.6. The maximum absolute atomic E-state index is 14.4. The highest BCUT2D eigenvalue weighted by molar-refractivity contribution is 5.91. The molecule has 5 N–H and O–H groups in total. The fraction of sp³-hybridized carbons (Fsp3) is 0.808. The standard InChI is InChI=1S/C26H34O9/c1-22-13-7-15(28)24(3)19(25(13,10-34-21(22)32)16(29)8-14(22)27)18(30)20(31)23(2)12(11-4-5-33-9-11)6-17-26(23,24)35-17/h4-5,9,12-17,19-21,27-29,31-32H,6-8,10H2,1-3H3/t12-,13-,14+,15+,16-,17+,19-,20-,21?,22+,23+,24+,25+,26+/m0/s1. The van der Waals surface area contributed by atoms with Crippen LogP contribution in [0.2, 0.25) is 0 Å². The number of ketones is 1. The summed E-state index contributed by atoms with van der Waals surface area (Å²) in [5, 5.41) is 57.0. The lowest BCUT2D eigenvalue weighted by Crippen LogP contribution is -2.82. The molecule has 35 heavy (non-hydrogen) atoms. The minimum Gasteiger partial charge on any atom is -0.472 e. The van der Waals surface area contributed by atoms with Crippen molar-refractivity contribution >= 4 is 5.78 Å². The molecule has 6 aliphatic rings. The van der Waals surface area contributed by atoms with E-state index in [1.807, 2.05) is 19.9 Å². The Labute approximate surface area is 203 Å². The van der Waals surface area contributed by atoms with Gasteiger partial charge in [0.2, 0.25) is 0 Å². The summed E-state index contributed by atoms with van der Waals surface area (Å²) in [6.45, 7) is 5.35. The van der Waals surface area contributed by atoms with Crippen molar-refractivity contribution in [3.63, 3.8) is 0 Å². The van der Waals surface area contributed by atoms with Gasteiger partial charge in [0.05, 0.1) is 43.5 Å². The second-order valence-corrected chi connectivity index (χ2v) is 12.7. The highest BCUT2D eigenvalue weighted by Gasteiger charge is 2.91. The van der Waals surface area contributed by atoms with E-state index in [4.69, 9.17) is 13.9 Å². The lowest BCUT2D eigenvalue weighted by atomic mass is 9.33. The first kappa shape index (κ1) is 22.8. The van der Waals surface area contributed by atoms with Crippen molar-refractivity contribution in [1.29, 1.82) is 0 Å². The number of furan rings is 1. The van der Waals surface area contributed by atoms with Gasteiger partial charge in [0.1, 0.15) is 11.7 Å². The minimum atomic E-state index is -1.40. The van der Waals surface area contributed by atoms with Crippen molar-refractivity contribution in [3.8, 4) is 0 Å². The molecule has 1 aromatic rings. The lowest BCUT2D eigenvalue weighted by Gasteiger charge is -2.72. The molecule has 9 heteroatoms. The molecule has 4 aliphatic carbocycles. The summed E-state index contributed by atoms with van der Waals surface area (Å²) >= 11 is 0. The number of ether oxygens (including phenoxy) is 2. The molecule has 1 aromatic heterocycles. The van der Waals surface area contributed by atoms with Crippen LogP contribution < -0.4 is 0 Å². The Bertz CT molecular complexity index is 1090. The van der Waals surface area contributed by atoms with Gasteiger partial charge in [0, 0.05) is 39.9 Å². The van der Waals surface area contributed by atoms with Gasteiger partial charge >= 0.3 is 0 Å². The third kappa shape index (κ3) is 2.04. The molecule has 7 rings (SSSR count). The second-order valence-electron chi connectivity index (χ2n) is 12.7. The number of rotatable bonds is 1. The molecular formula is C26H34O9. The molecule has 9 nitrogen and oxygen atoms in total. The molecule has 0 aromatic carbocycles. The van der Waals surface area contributed by atoms with Crippen LogP contribution in [0.25, 0.3) is 0 Å². The Hall–Kier alpha value is -1.33. The van der Waals surface area contributed by atoms with Gasteiger partial charge in [-0.2, -0.15) is 0 Å². The predicted molar refractivity (Wildman–Crippen MR) is 118 cm³/mol. The number of fused-ring (bicyclic) bond motifs is 1. The quantitative estimate of drug-likeness (QED) is 0.350. The van der Waals surface area contributed by atoms with Crippen LogP contribution in [0.4, 0.5) is 0 Å². The zero-order valence-corrected chi connectivity index (χ0v) is 20.1. The van der Waals surface area contributed by atoms with Gasteiger partial charge in [0.15, 0.2) is 12.1 Å². The number of aliphatic hydroxyl groups is 5. The SMILES string of the molecule is C[C@@]12C(O)OC[C@]3([C@H]4C(=O)[C@H](O)[C@@]5(C)[C@H](c6ccoc6)C[C@H]6O[C@]65[C@]4(C)[C@H](O)C[C@@H]13)[C@@H](O)C[C@H]2O. The van der Waals surface area contributed by atoms with Crippen LogP contribution in [-0.2, 0) is 14.3 Å². The first-order valence-corrected chi connectivity index (χ1v) is 12.7. The summed E-state index contributed by atoms with van der Waals surface area (Å²) in [4.78, 5) is 14.4. The van der Waals surface area contributed by atoms with Crippen molar-refractivity contribution in [2.24, 2.45) is 33.5 Å². The van der Waals surface area contributed by atoms with Crippen LogP contribution in [0, 0.1) is 33.5 Å². The summed E-state index contributed by atoms with van der Waals surface area (Å²) < 4.78 is 17.6. The Morgan fingerprint density at radius 1 is 0.943 bits per heavy atom. The average molecular weight is 491 g/mol. The summed E-state index contributed by atoms with van der Waals surface area (Å²) in [7, 11) is 0. The van der Waals surface area contributed by atoms with Crippen LogP contribution in [0.1, 0.15) is 51.5 Å². The number of hydrogen-bond acceptors (Lipinski definition) is 9. The molecule has 4 saturated carbocycles. The maximum Gasteiger partial charge on any atom is 0.166 e. The molecule has 6 fully saturated rings. The summed E-state index contributed by atoms with van der Waals surface area (Å²) in [6.07, 6.45) is -2.21. The summed E-state index contributed by atoms with van der Waals surface area (Å²) in [5.41, 5.74) is -4.59. The zero-order valence-electron chi connectivity index (χ0n) is 20.1. The van der Waals surface area contributed by atoms with E-state index >= 15 is 0 Å². The van der Waals surface area contributed by atoms with Crippen molar-refractivity contribution in [3.05, 3.63) is 24.2 Å². The maximum atomic E-state index is 14.4. The Morgan fingerprint density at radius 2 is 1.69 bits per heavy atom. The number of epoxide rings is 1. The molecule has 0 radical (unpaired) electrons. The van der Waals surface area contributed by atoms with Crippen LogP contribution in [0.5, 0.6) is 0 Å². The molecule has 2 aliphatic heterocycles. The Balaban J connectivity index is 1.44. The first-order valence-electron chi connectivity index (χ1n) is 12.7. The third-order valence-electron chi connectivity index (χ3n) is 12.1. The van der Waals surface area contributed by atoms with Gasteiger partial charge in [-0.05, 0) is 30.4 Å². The van der Waals surface area contributed by atoms with Crippen molar-refractivity contribution in [2.45, 2.75) is 88.4 Å². The molecule has 1 spiro atoms. The number of aliphatic hydroxyl groups excluding tert-OH is 5. The molecule has 0 amide bonds. The first-order chi connectivity index (χ1) is 16.4. The van der Waals surface area contributed by atoms with Gasteiger partial charge in [-0.15, -0.1) is 0 Å². The van der Waals surface area contributed by atoms with Gasteiger partial charge in [-0.1, -0.05) is 20.8 Å². The van der Waals surface area contributed by atoms with E-state index in [1.54, 1.807) is 19.5 Å². The van der Waals surface area contributed by atoms with Crippen LogP contribution in [0.3, 0.4) is 0 Å². The van der Waals surface area contributed by atoms with E-state index in [2.05, 4.69) is 0 Å². The summed E-state index contributed by atoms with van der Waals surface area (Å²) in [6, 6.07) is 1.85. The number of hydrogen-bond donors (Lipinski definition) is 5. The fourth-order valence-corrected chi connectivity index (χ4v) is 10.3. The van der Waals surface area contributed by atoms with E-state index in [0.717, 1.165) is 5.56 Å². The van der Waals surface area contributed by atoms with Gasteiger partial charge < -0.3 is 39.4 Å². The average Bonchev–Trinajstić information content (AvgIpc) is 3.18. The highest BCUT2D eigenvalue weighted by Crippen LogP contribution is 2.82. The number of carbonyl (C=O) groups is 1. The largest absolute Gasteiger partial charge is 0.472 e. The predicted octanol–water partition coefficient (Wildman–Crippen LogP) is 0.324. The van der Waals surface area contributed by atoms with Crippen molar-refractivity contribution < 1.29 is 44.2 Å². The molecule has 1 unspecified atom stereocenters. The van der Waals surface area contributed by atoms with Crippen LogP contribution in [0.15, 0.2) is 23.0 Å². The van der Waals surface area contributed by atoms with Crippen molar-refractivity contribution in [2.75, 3.05) is 6.61 Å². The van der Waals surface area contributed by atoms with Gasteiger partial charge in [-0.25, -0.2) is 0 Å². The van der Waals surface area contributed by atoms with E-state index in [-0.39, 0.29) is 31.5 Å². The molecule has 14 atom stereocenters. The van der Waals surface area contributed by atoms with Crippen LogP contribution in [-0.4, -0.2) is 80.3 Å². The normalized spacial score (nSPS) is 62.5. The van der Waals surface area contributed by atoms with Gasteiger partial charge in [0.25, 0.3) is 0 Å². The summed E-state index contributed by atoms with van der Waals surface area (Å²) in [5.74, 6) is -2.21. The molecule has 3 heterocycles. The Morgan fingerprint density at radius 3 is 2.37 bits per heavy atom. The third-order valence-corrected chi connectivity index (χ3v) is 12.1. The van der Waals surface area contributed by atoms with E-state index < -0.39 is 75.6 Å². The van der Waals surface area contributed by atoms with Gasteiger partial charge in [-0.3, -0.25) is 4.79 Å². The molecule has 2 bridgehead atoms. The topological polar surface area (TPSA) is 153 Å². The lowest BCUT2D eigenvalue weighted by molar-refractivity contribution is -0.373. The monoisotopic (exact) mass is 490 g/mol. The van der Waals surface area contributed by atoms with Crippen molar-refractivity contribution in [1.82, 2.24) is 0 Å².